The lowest BCUT2D eigenvalue weighted by Gasteiger charge is -2.13. The molecule has 1 heterocycles. The smallest absolute Gasteiger partial charge is 0.404 e. The minimum atomic E-state index is -4.86. The van der Waals surface area contributed by atoms with E-state index in [0.29, 0.717) is 10.2 Å². The summed E-state index contributed by atoms with van der Waals surface area (Å²) in [5, 5.41) is 11.2. The number of carbonyl (C=O) groups is 1. The van der Waals surface area contributed by atoms with Gasteiger partial charge in [-0.3, -0.25) is 9.36 Å². The number of amides is 1. The van der Waals surface area contributed by atoms with Gasteiger partial charge in [0.1, 0.15) is 6.33 Å². The maximum atomic E-state index is 12.5. The van der Waals surface area contributed by atoms with Crippen LogP contribution >= 0.6 is 23.4 Å². The van der Waals surface area contributed by atoms with Crippen molar-refractivity contribution in [3.05, 3.63) is 59.4 Å². The van der Waals surface area contributed by atoms with Crippen molar-refractivity contribution in [3.63, 3.8) is 0 Å². The van der Waals surface area contributed by atoms with E-state index in [1.807, 2.05) is 19.1 Å². The van der Waals surface area contributed by atoms with E-state index >= 15 is 0 Å². The van der Waals surface area contributed by atoms with E-state index in [4.69, 9.17) is 11.6 Å². The fourth-order valence-electron chi connectivity index (χ4n) is 2.33. The van der Waals surface area contributed by atoms with Crippen LogP contribution in [0, 0.1) is 6.92 Å². The Hall–Kier alpha value is -2.72. The number of carbonyl (C=O) groups excluding carboxylic acids is 1. The summed E-state index contributed by atoms with van der Waals surface area (Å²) < 4.78 is 43.0. The lowest BCUT2D eigenvalue weighted by Crippen LogP contribution is -2.20. The first kappa shape index (κ1) is 21.0. The Morgan fingerprint density at radius 3 is 2.76 bits per heavy atom. The highest BCUT2D eigenvalue weighted by molar-refractivity contribution is 7.99. The van der Waals surface area contributed by atoms with Gasteiger partial charge in [0.15, 0.2) is 10.9 Å². The van der Waals surface area contributed by atoms with Crippen LogP contribution in [0.5, 0.6) is 5.75 Å². The molecule has 0 atom stereocenters. The first-order valence-electron chi connectivity index (χ1n) is 8.17. The molecule has 29 heavy (non-hydrogen) atoms. The lowest BCUT2D eigenvalue weighted by atomic mass is 10.2. The number of alkyl halides is 3. The van der Waals surface area contributed by atoms with Crippen LogP contribution in [0.3, 0.4) is 0 Å². The van der Waals surface area contributed by atoms with Crippen molar-refractivity contribution in [2.24, 2.45) is 0 Å². The van der Waals surface area contributed by atoms with Gasteiger partial charge in [-0.15, -0.1) is 23.4 Å². The van der Waals surface area contributed by atoms with E-state index in [9.17, 15) is 18.0 Å². The van der Waals surface area contributed by atoms with Gasteiger partial charge in [0.25, 0.3) is 0 Å². The van der Waals surface area contributed by atoms with Crippen molar-refractivity contribution >= 4 is 35.0 Å². The lowest BCUT2D eigenvalue weighted by molar-refractivity contribution is -0.274. The van der Waals surface area contributed by atoms with Crippen molar-refractivity contribution in [1.29, 1.82) is 0 Å². The molecule has 0 unspecified atom stereocenters. The van der Waals surface area contributed by atoms with Gasteiger partial charge in [-0.2, -0.15) is 0 Å². The molecular formula is C18H14ClF3N4O2S. The maximum Gasteiger partial charge on any atom is 0.573 e. The number of hydrogen-bond donors (Lipinski definition) is 1. The predicted molar refractivity (Wildman–Crippen MR) is 104 cm³/mol. The van der Waals surface area contributed by atoms with E-state index in [1.54, 1.807) is 10.6 Å². The Kier molecular flexibility index (Phi) is 6.33. The molecule has 0 fully saturated rings. The number of rotatable bonds is 6. The molecule has 2 aromatic carbocycles. The SMILES string of the molecule is Cc1ccc(-n2cnnc2SCC(=O)Nc2ccccc2OC(F)(F)F)cc1Cl. The van der Waals surface area contributed by atoms with Crippen LogP contribution in [-0.4, -0.2) is 32.8 Å². The van der Waals surface area contributed by atoms with Crippen molar-refractivity contribution in [1.82, 2.24) is 14.8 Å². The topological polar surface area (TPSA) is 69.0 Å². The molecule has 0 saturated heterocycles. The Morgan fingerprint density at radius 2 is 2.03 bits per heavy atom. The number of halogens is 4. The molecule has 0 spiro atoms. The highest BCUT2D eigenvalue weighted by Crippen LogP contribution is 2.30. The predicted octanol–water partition coefficient (Wildman–Crippen LogP) is 4.86. The Balaban J connectivity index is 1.67. The Bertz CT molecular complexity index is 1030. The van der Waals surface area contributed by atoms with E-state index < -0.39 is 18.0 Å². The zero-order chi connectivity index (χ0) is 21.0. The van der Waals surface area contributed by atoms with Crippen molar-refractivity contribution in [3.8, 4) is 11.4 Å². The molecule has 6 nitrogen and oxygen atoms in total. The molecule has 152 valence electrons. The number of aryl methyl sites for hydroxylation is 1. The first-order valence-corrected chi connectivity index (χ1v) is 9.53. The van der Waals surface area contributed by atoms with Crippen molar-refractivity contribution < 1.29 is 22.7 Å². The second-order valence-electron chi connectivity index (χ2n) is 5.80. The van der Waals surface area contributed by atoms with Crippen LogP contribution in [0.4, 0.5) is 18.9 Å². The number of ether oxygens (including phenoxy) is 1. The molecule has 1 N–H and O–H groups in total. The monoisotopic (exact) mass is 442 g/mol. The molecule has 0 radical (unpaired) electrons. The van der Waals surface area contributed by atoms with Gasteiger partial charge in [-0.05, 0) is 36.8 Å². The van der Waals surface area contributed by atoms with E-state index in [0.717, 1.165) is 29.1 Å². The largest absolute Gasteiger partial charge is 0.573 e. The highest BCUT2D eigenvalue weighted by atomic mass is 35.5. The molecular weight excluding hydrogens is 429 g/mol. The van der Waals surface area contributed by atoms with Crippen LogP contribution in [0.1, 0.15) is 5.56 Å². The average Bonchev–Trinajstić information content (AvgIpc) is 3.11. The third-order valence-corrected chi connectivity index (χ3v) is 5.02. The van der Waals surface area contributed by atoms with Crippen LogP contribution in [0.2, 0.25) is 5.02 Å². The Labute approximate surface area is 173 Å². The number of nitrogens with zero attached hydrogens (tertiary/aromatic N) is 3. The number of anilines is 1. The molecule has 0 bridgehead atoms. The zero-order valence-corrected chi connectivity index (χ0v) is 16.5. The molecule has 3 aromatic rings. The van der Waals surface area contributed by atoms with E-state index in [2.05, 4.69) is 20.3 Å². The summed E-state index contributed by atoms with van der Waals surface area (Å²) in [6, 6.07) is 10.7. The fraction of sp³-hybridized carbons (Fsp3) is 0.167. The van der Waals surface area contributed by atoms with Crippen molar-refractivity contribution in [2.45, 2.75) is 18.4 Å². The number of benzene rings is 2. The molecule has 11 heteroatoms. The van der Waals surface area contributed by atoms with Gasteiger partial charge in [-0.25, -0.2) is 0 Å². The first-order chi connectivity index (χ1) is 13.7. The van der Waals surface area contributed by atoms with Gasteiger partial charge in [0.2, 0.25) is 5.91 Å². The average molecular weight is 443 g/mol. The van der Waals surface area contributed by atoms with Gasteiger partial charge in [-0.1, -0.05) is 41.6 Å². The van der Waals surface area contributed by atoms with Crippen molar-refractivity contribution in [2.75, 3.05) is 11.1 Å². The minimum Gasteiger partial charge on any atom is -0.404 e. The summed E-state index contributed by atoms with van der Waals surface area (Å²) in [6.45, 7) is 1.87. The van der Waals surface area contributed by atoms with Crippen LogP contribution in [0.25, 0.3) is 5.69 Å². The number of nitrogens with one attached hydrogen (secondary N) is 1. The highest BCUT2D eigenvalue weighted by Gasteiger charge is 2.32. The maximum absolute atomic E-state index is 12.5. The van der Waals surface area contributed by atoms with Gasteiger partial charge in [0.05, 0.1) is 17.1 Å². The molecule has 0 saturated carbocycles. The summed E-state index contributed by atoms with van der Waals surface area (Å²) >= 11 is 7.22. The quantitative estimate of drug-likeness (QED) is 0.552. The minimum absolute atomic E-state index is 0.0813. The van der Waals surface area contributed by atoms with Gasteiger partial charge >= 0.3 is 6.36 Å². The number of aromatic nitrogens is 3. The van der Waals surface area contributed by atoms with Gasteiger partial charge < -0.3 is 10.1 Å². The molecule has 0 aliphatic rings. The molecule has 0 aliphatic heterocycles. The van der Waals surface area contributed by atoms with Crippen LogP contribution in [-0.2, 0) is 4.79 Å². The van der Waals surface area contributed by atoms with E-state index in [1.165, 1.54) is 24.5 Å². The van der Waals surface area contributed by atoms with Crippen LogP contribution in [0.15, 0.2) is 53.9 Å². The molecule has 0 aliphatic carbocycles. The zero-order valence-electron chi connectivity index (χ0n) is 14.9. The summed E-state index contributed by atoms with van der Waals surface area (Å²) in [6.07, 6.45) is -3.38. The van der Waals surface area contributed by atoms with Gasteiger partial charge in [0, 0.05) is 5.02 Å². The summed E-state index contributed by atoms with van der Waals surface area (Å²) in [5.41, 5.74) is 1.55. The van der Waals surface area contributed by atoms with E-state index in [-0.39, 0.29) is 11.4 Å². The number of para-hydroxylation sites is 2. The molecule has 1 aromatic heterocycles. The number of thioether (sulfide) groups is 1. The summed E-state index contributed by atoms with van der Waals surface area (Å²) in [4.78, 5) is 12.2. The molecule has 3 rings (SSSR count). The molecule has 1 amide bonds. The fourth-order valence-corrected chi connectivity index (χ4v) is 3.24. The second-order valence-corrected chi connectivity index (χ2v) is 7.15. The normalized spacial score (nSPS) is 11.3. The third-order valence-electron chi connectivity index (χ3n) is 3.67. The second kappa shape index (κ2) is 8.75. The third kappa shape index (κ3) is 5.64. The van der Waals surface area contributed by atoms with Crippen LogP contribution < -0.4 is 10.1 Å². The standard InChI is InChI=1S/C18H14ClF3N4O2S/c1-11-6-7-12(8-13(11)19)26-10-23-25-17(26)29-9-16(27)24-14-4-2-3-5-15(14)28-18(20,21)22/h2-8,10H,9H2,1H3,(H,24,27). The summed E-state index contributed by atoms with van der Waals surface area (Å²) in [7, 11) is 0. The number of hydrogen-bond acceptors (Lipinski definition) is 5. The summed E-state index contributed by atoms with van der Waals surface area (Å²) in [5.74, 6) is -1.11. The Morgan fingerprint density at radius 1 is 1.28 bits per heavy atom.